The van der Waals surface area contributed by atoms with Crippen LogP contribution in [0.5, 0.6) is 0 Å². The van der Waals surface area contributed by atoms with Crippen molar-refractivity contribution in [1.82, 2.24) is 5.32 Å². The molecule has 2 nitrogen and oxygen atoms in total. The van der Waals surface area contributed by atoms with Crippen molar-refractivity contribution in [3.8, 4) is 0 Å². The Morgan fingerprint density at radius 1 is 0.842 bits per heavy atom. The van der Waals surface area contributed by atoms with Gasteiger partial charge in [-0.05, 0) is 23.1 Å². The van der Waals surface area contributed by atoms with Crippen LogP contribution in [0.2, 0.25) is 0 Å². The Labute approximate surface area is 130 Å². The molecule has 0 bridgehead atoms. The predicted molar refractivity (Wildman–Crippen MR) is 93.5 cm³/mol. The summed E-state index contributed by atoms with van der Waals surface area (Å²) in [6.45, 7) is 1.60. The first kappa shape index (κ1) is 18.1. The van der Waals surface area contributed by atoms with Crippen LogP contribution in [-0.4, -0.2) is 12.0 Å². The van der Waals surface area contributed by atoms with Gasteiger partial charge < -0.3 is 11.1 Å². The van der Waals surface area contributed by atoms with Crippen LogP contribution in [0.15, 0.2) is 60.7 Å². The number of nitrogens with two attached hydrogens (primary N) is 1. The number of halogens is 1. The minimum atomic E-state index is 0.640. The van der Waals surface area contributed by atoms with E-state index in [9.17, 15) is 0 Å². The highest BCUT2D eigenvalue weighted by Gasteiger charge is 1.83. The van der Waals surface area contributed by atoms with Gasteiger partial charge in [-0.3, -0.25) is 0 Å². The molecule has 104 valence electrons. The summed E-state index contributed by atoms with van der Waals surface area (Å²) in [6, 6.07) is 20.3. The highest BCUT2D eigenvalue weighted by molar-refractivity contribution is 14.1. The molecule has 19 heavy (non-hydrogen) atoms. The van der Waals surface area contributed by atoms with E-state index < -0.39 is 0 Å². The fourth-order valence-corrected chi connectivity index (χ4v) is 1.41. The van der Waals surface area contributed by atoms with Gasteiger partial charge >= 0.3 is 0 Å². The van der Waals surface area contributed by atoms with Gasteiger partial charge in [0.25, 0.3) is 0 Å². The minimum Gasteiger partial charge on any atom is -0.326 e. The molecule has 0 aliphatic rings. The Morgan fingerprint density at radius 2 is 1.26 bits per heavy atom. The second kappa shape index (κ2) is 13.5. The normalized spacial score (nSPS) is 8.63. The molecule has 0 amide bonds. The molecule has 0 spiro atoms. The number of hydrogen-bond donors (Lipinski definition) is 2. The molecule has 0 heterocycles. The van der Waals surface area contributed by atoms with Crippen LogP contribution in [0.25, 0.3) is 0 Å². The van der Waals surface area contributed by atoms with E-state index in [1.165, 1.54) is 11.1 Å². The van der Waals surface area contributed by atoms with Crippen LogP contribution in [0.1, 0.15) is 11.1 Å². The van der Waals surface area contributed by atoms with Crippen LogP contribution >= 0.6 is 22.6 Å². The molecule has 0 fully saturated rings. The molecule has 3 N–H and O–H groups in total. The van der Waals surface area contributed by atoms with Gasteiger partial charge in [0.15, 0.2) is 0 Å². The third-order valence-corrected chi connectivity index (χ3v) is 2.30. The summed E-state index contributed by atoms with van der Waals surface area (Å²) in [6.07, 6.45) is 0. The SMILES string of the molecule is CI.CNCc1ccccc1.NCc1ccccc1. The highest BCUT2D eigenvalue weighted by Crippen LogP contribution is 1.95. The molecular weight excluding hydrogens is 347 g/mol. The van der Waals surface area contributed by atoms with Gasteiger partial charge in [-0.1, -0.05) is 83.3 Å². The lowest BCUT2D eigenvalue weighted by molar-refractivity contribution is 0.818. The second-order valence-electron chi connectivity index (χ2n) is 3.71. The van der Waals surface area contributed by atoms with E-state index >= 15 is 0 Å². The lowest BCUT2D eigenvalue weighted by Crippen LogP contribution is -2.04. The number of hydrogen-bond acceptors (Lipinski definition) is 2. The van der Waals surface area contributed by atoms with E-state index in [0.717, 1.165) is 6.54 Å². The van der Waals surface area contributed by atoms with Gasteiger partial charge in [-0.15, -0.1) is 0 Å². The fourth-order valence-electron chi connectivity index (χ4n) is 1.41. The van der Waals surface area contributed by atoms with Crippen LogP contribution in [-0.2, 0) is 13.1 Å². The van der Waals surface area contributed by atoms with Gasteiger partial charge in [-0.25, -0.2) is 0 Å². The topological polar surface area (TPSA) is 38.0 Å². The van der Waals surface area contributed by atoms with Crippen molar-refractivity contribution < 1.29 is 0 Å². The van der Waals surface area contributed by atoms with Crippen molar-refractivity contribution in [3.63, 3.8) is 0 Å². The molecule has 0 saturated carbocycles. The molecule has 0 unspecified atom stereocenters. The quantitative estimate of drug-likeness (QED) is 0.640. The van der Waals surface area contributed by atoms with Crippen LogP contribution in [0.4, 0.5) is 0 Å². The van der Waals surface area contributed by atoms with Crippen LogP contribution in [0, 0.1) is 0 Å². The zero-order chi connectivity index (χ0) is 14.3. The summed E-state index contributed by atoms with van der Waals surface area (Å²) >= 11 is 2.15. The molecule has 3 heteroatoms. The number of alkyl halides is 1. The van der Waals surface area contributed by atoms with Crippen molar-refractivity contribution in [1.29, 1.82) is 0 Å². The van der Waals surface area contributed by atoms with E-state index in [-0.39, 0.29) is 0 Å². The average Bonchev–Trinajstić information content (AvgIpc) is 2.52. The standard InChI is InChI=1S/C8H11N.C7H9N.CH3I/c1-9-7-8-5-3-2-4-6-8;8-6-7-4-2-1-3-5-7;1-2/h2-6,9H,7H2,1H3;1-5H,6,8H2;1H3. The molecule has 2 aromatic carbocycles. The molecule has 0 aliphatic carbocycles. The van der Waals surface area contributed by atoms with E-state index in [2.05, 4.69) is 40.0 Å². The monoisotopic (exact) mass is 370 g/mol. The third-order valence-electron chi connectivity index (χ3n) is 2.30. The number of benzene rings is 2. The molecule has 0 saturated heterocycles. The first-order valence-corrected chi connectivity index (χ1v) is 8.33. The van der Waals surface area contributed by atoms with Crippen LogP contribution in [0.3, 0.4) is 0 Å². The summed E-state index contributed by atoms with van der Waals surface area (Å²) in [5.41, 5.74) is 7.87. The van der Waals surface area contributed by atoms with Crippen LogP contribution < -0.4 is 11.1 Å². The van der Waals surface area contributed by atoms with E-state index in [1.807, 2.05) is 60.5 Å². The second-order valence-corrected chi connectivity index (χ2v) is 3.71. The summed E-state index contributed by atoms with van der Waals surface area (Å²) in [4.78, 5) is 1.97. The molecular formula is C16H23IN2. The maximum absolute atomic E-state index is 5.35. The molecule has 2 aromatic rings. The molecule has 0 radical (unpaired) electrons. The largest absolute Gasteiger partial charge is 0.326 e. The van der Waals surface area contributed by atoms with Gasteiger partial charge in [0.05, 0.1) is 0 Å². The van der Waals surface area contributed by atoms with Gasteiger partial charge in [0.2, 0.25) is 0 Å². The maximum atomic E-state index is 5.35. The third kappa shape index (κ3) is 9.64. The number of nitrogens with one attached hydrogen (secondary N) is 1. The molecule has 0 aliphatic heterocycles. The van der Waals surface area contributed by atoms with Crippen molar-refractivity contribution in [3.05, 3.63) is 71.8 Å². The summed E-state index contributed by atoms with van der Waals surface area (Å²) in [5, 5.41) is 3.08. The van der Waals surface area contributed by atoms with Crippen molar-refractivity contribution in [2.24, 2.45) is 5.73 Å². The van der Waals surface area contributed by atoms with Crippen molar-refractivity contribution in [2.45, 2.75) is 13.1 Å². The Hall–Kier alpha value is -0.910. The Balaban J connectivity index is 0.000000303. The van der Waals surface area contributed by atoms with E-state index in [4.69, 9.17) is 5.73 Å². The Morgan fingerprint density at radius 3 is 1.58 bits per heavy atom. The Bertz CT molecular complexity index is 390. The fraction of sp³-hybridized carbons (Fsp3) is 0.250. The predicted octanol–water partition coefficient (Wildman–Crippen LogP) is 3.60. The summed E-state index contributed by atoms with van der Waals surface area (Å²) in [5.74, 6) is 0. The van der Waals surface area contributed by atoms with Gasteiger partial charge in [-0.2, -0.15) is 0 Å². The lowest BCUT2D eigenvalue weighted by atomic mass is 10.2. The lowest BCUT2D eigenvalue weighted by Gasteiger charge is -1.95. The average molecular weight is 370 g/mol. The molecule has 0 aromatic heterocycles. The number of rotatable bonds is 3. The smallest absolute Gasteiger partial charge is 0.0202 e. The van der Waals surface area contributed by atoms with E-state index in [0.29, 0.717) is 6.54 Å². The first-order chi connectivity index (χ1) is 9.36. The van der Waals surface area contributed by atoms with Crippen molar-refractivity contribution >= 4 is 22.6 Å². The maximum Gasteiger partial charge on any atom is 0.0202 e. The molecule has 2 rings (SSSR count). The summed E-state index contributed by atoms with van der Waals surface area (Å²) < 4.78 is 0. The Kier molecular flexibility index (Phi) is 12.9. The summed E-state index contributed by atoms with van der Waals surface area (Å²) in [7, 11) is 1.95. The van der Waals surface area contributed by atoms with Gasteiger partial charge in [0.1, 0.15) is 0 Å². The minimum absolute atomic E-state index is 0.640. The van der Waals surface area contributed by atoms with E-state index in [1.54, 1.807) is 0 Å². The van der Waals surface area contributed by atoms with Gasteiger partial charge in [0, 0.05) is 13.1 Å². The zero-order valence-corrected chi connectivity index (χ0v) is 13.8. The highest BCUT2D eigenvalue weighted by atomic mass is 127. The molecule has 0 atom stereocenters. The van der Waals surface area contributed by atoms with Crippen molar-refractivity contribution in [2.75, 3.05) is 12.0 Å². The first-order valence-electron chi connectivity index (χ1n) is 6.17. The zero-order valence-electron chi connectivity index (χ0n) is 11.6.